The Bertz CT molecular complexity index is 382. The van der Waals surface area contributed by atoms with Crippen LogP contribution in [0.4, 0.5) is 5.69 Å². The van der Waals surface area contributed by atoms with Crippen LogP contribution in [-0.2, 0) is 4.79 Å². The van der Waals surface area contributed by atoms with Gasteiger partial charge in [0, 0.05) is 10.9 Å². The van der Waals surface area contributed by atoms with Gasteiger partial charge in [0.15, 0.2) is 0 Å². The van der Waals surface area contributed by atoms with Gasteiger partial charge in [0.05, 0.1) is 6.54 Å². The van der Waals surface area contributed by atoms with E-state index in [-0.39, 0.29) is 5.91 Å². The molecule has 1 atom stereocenters. The molecule has 0 aliphatic carbocycles. The number of anilines is 1. The van der Waals surface area contributed by atoms with Crippen LogP contribution >= 0.6 is 11.8 Å². The van der Waals surface area contributed by atoms with E-state index >= 15 is 0 Å². The molecule has 0 bridgehead atoms. The molecule has 3 nitrogen and oxygen atoms in total. The second kappa shape index (κ2) is 8.16. The highest BCUT2D eigenvalue weighted by atomic mass is 32.2. The molecular formula is C14H22N2OS. The highest BCUT2D eigenvalue weighted by molar-refractivity contribution is 7.99. The van der Waals surface area contributed by atoms with E-state index in [0.29, 0.717) is 11.8 Å². The second-order valence-electron chi connectivity index (χ2n) is 4.37. The lowest BCUT2D eigenvalue weighted by atomic mass is 10.2. The van der Waals surface area contributed by atoms with Crippen molar-refractivity contribution in [1.82, 2.24) is 5.32 Å². The molecule has 0 fully saturated rings. The zero-order valence-corrected chi connectivity index (χ0v) is 12.1. The fourth-order valence-electron chi connectivity index (χ4n) is 1.53. The van der Waals surface area contributed by atoms with Crippen molar-refractivity contribution >= 4 is 23.4 Å². The molecule has 0 saturated heterocycles. The molecule has 2 N–H and O–H groups in total. The van der Waals surface area contributed by atoms with Crippen molar-refractivity contribution in [2.75, 3.05) is 24.7 Å². The van der Waals surface area contributed by atoms with Crippen molar-refractivity contribution in [2.24, 2.45) is 0 Å². The van der Waals surface area contributed by atoms with Crippen LogP contribution in [0.15, 0.2) is 24.3 Å². The quantitative estimate of drug-likeness (QED) is 0.746. The Morgan fingerprint density at radius 1 is 1.39 bits per heavy atom. The number of hydrogen-bond donors (Lipinski definition) is 2. The van der Waals surface area contributed by atoms with E-state index < -0.39 is 0 Å². The molecule has 1 aromatic carbocycles. The smallest absolute Gasteiger partial charge is 0.238 e. The van der Waals surface area contributed by atoms with Gasteiger partial charge in [0.2, 0.25) is 5.91 Å². The maximum atomic E-state index is 11.7. The minimum Gasteiger partial charge on any atom is -0.325 e. The van der Waals surface area contributed by atoms with Gasteiger partial charge in [-0.25, -0.2) is 0 Å². The number of para-hydroxylation sites is 1. The summed E-state index contributed by atoms with van der Waals surface area (Å²) in [6, 6.07) is 7.80. The summed E-state index contributed by atoms with van der Waals surface area (Å²) < 4.78 is 0. The van der Waals surface area contributed by atoms with Gasteiger partial charge < -0.3 is 10.6 Å². The van der Waals surface area contributed by atoms with Gasteiger partial charge in [-0.1, -0.05) is 25.1 Å². The molecule has 0 saturated carbocycles. The second-order valence-corrected chi connectivity index (χ2v) is 5.65. The first-order valence-corrected chi connectivity index (χ1v) is 7.51. The summed E-state index contributed by atoms with van der Waals surface area (Å²) >= 11 is 1.85. The van der Waals surface area contributed by atoms with Crippen LogP contribution in [0, 0.1) is 6.92 Å². The first kappa shape index (κ1) is 15.1. The standard InChI is InChI=1S/C14H22N2OS/c1-11-6-4-5-7-13(11)16-14(17)10-15-9-8-12(2)18-3/h4-7,12,15H,8-10H2,1-3H3,(H,16,17). The summed E-state index contributed by atoms with van der Waals surface area (Å²) in [5.74, 6) is 0.0149. The minimum atomic E-state index is 0.0149. The van der Waals surface area contributed by atoms with Gasteiger partial charge in [-0.05, 0) is 37.8 Å². The van der Waals surface area contributed by atoms with Crippen LogP contribution in [-0.4, -0.2) is 30.5 Å². The highest BCUT2D eigenvalue weighted by Gasteiger charge is 2.04. The molecule has 1 unspecified atom stereocenters. The van der Waals surface area contributed by atoms with Gasteiger partial charge in [0.25, 0.3) is 0 Å². The summed E-state index contributed by atoms with van der Waals surface area (Å²) in [5.41, 5.74) is 1.98. The molecule has 0 radical (unpaired) electrons. The Balaban J connectivity index is 2.24. The zero-order chi connectivity index (χ0) is 13.4. The SMILES string of the molecule is CSC(C)CCNCC(=O)Nc1ccccc1C. The average Bonchev–Trinajstić information content (AvgIpc) is 2.37. The minimum absolute atomic E-state index is 0.0149. The Morgan fingerprint density at radius 2 is 2.11 bits per heavy atom. The molecule has 1 aromatic rings. The van der Waals surface area contributed by atoms with Crippen molar-refractivity contribution in [1.29, 1.82) is 0 Å². The molecular weight excluding hydrogens is 244 g/mol. The van der Waals surface area contributed by atoms with Crippen LogP contribution in [0.5, 0.6) is 0 Å². The predicted molar refractivity (Wildman–Crippen MR) is 80.3 cm³/mol. The lowest BCUT2D eigenvalue weighted by molar-refractivity contribution is -0.115. The fraction of sp³-hybridized carbons (Fsp3) is 0.500. The molecule has 4 heteroatoms. The summed E-state index contributed by atoms with van der Waals surface area (Å²) in [6.45, 7) is 5.43. The van der Waals surface area contributed by atoms with Crippen LogP contribution in [0.1, 0.15) is 18.9 Å². The monoisotopic (exact) mass is 266 g/mol. The number of thioether (sulfide) groups is 1. The molecule has 0 aliphatic rings. The highest BCUT2D eigenvalue weighted by Crippen LogP contribution is 2.12. The lowest BCUT2D eigenvalue weighted by Crippen LogP contribution is -2.29. The number of nitrogens with one attached hydrogen (secondary N) is 2. The molecule has 0 spiro atoms. The first-order chi connectivity index (χ1) is 8.63. The van der Waals surface area contributed by atoms with E-state index in [4.69, 9.17) is 0 Å². The predicted octanol–water partition coefficient (Wildman–Crippen LogP) is 2.66. The van der Waals surface area contributed by atoms with Gasteiger partial charge in [-0.3, -0.25) is 4.79 Å². The topological polar surface area (TPSA) is 41.1 Å². The Labute approximate surface area is 114 Å². The van der Waals surface area contributed by atoms with Gasteiger partial charge in [0.1, 0.15) is 0 Å². The zero-order valence-electron chi connectivity index (χ0n) is 11.3. The third-order valence-corrected chi connectivity index (χ3v) is 3.88. The van der Waals surface area contributed by atoms with Gasteiger partial charge >= 0.3 is 0 Å². The number of aryl methyl sites for hydroxylation is 1. The fourth-order valence-corrected chi connectivity index (χ4v) is 1.89. The number of benzene rings is 1. The maximum Gasteiger partial charge on any atom is 0.238 e. The molecule has 0 aliphatic heterocycles. The summed E-state index contributed by atoms with van der Waals surface area (Å²) in [4.78, 5) is 11.7. The number of rotatable bonds is 7. The van der Waals surface area contributed by atoms with Gasteiger partial charge in [-0.2, -0.15) is 11.8 Å². The summed E-state index contributed by atoms with van der Waals surface area (Å²) in [5, 5.41) is 6.71. The number of amides is 1. The third-order valence-electron chi connectivity index (χ3n) is 2.83. The summed E-state index contributed by atoms with van der Waals surface area (Å²) in [7, 11) is 0. The van der Waals surface area contributed by atoms with E-state index in [1.54, 1.807) is 0 Å². The number of hydrogen-bond acceptors (Lipinski definition) is 3. The van der Waals surface area contributed by atoms with Crippen LogP contribution < -0.4 is 10.6 Å². The van der Waals surface area contributed by atoms with Crippen LogP contribution in [0.25, 0.3) is 0 Å². The van der Waals surface area contributed by atoms with Crippen LogP contribution in [0.2, 0.25) is 0 Å². The van der Waals surface area contributed by atoms with Crippen molar-refractivity contribution in [3.05, 3.63) is 29.8 Å². The third kappa shape index (κ3) is 5.56. The van der Waals surface area contributed by atoms with Crippen molar-refractivity contribution in [3.63, 3.8) is 0 Å². The number of carbonyl (C=O) groups excluding carboxylic acids is 1. The van der Waals surface area contributed by atoms with Crippen molar-refractivity contribution in [3.8, 4) is 0 Å². The molecule has 1 rings (SSSR count). The van der Waals surface area contributed by atoms with E-state index in [0.717, 1.165) is 24.2 Å². The molecule has 0 aromatic heterocycles. The molecule has 0 heterocycles. The lowest BCUT2D eigenvalue weighted by Gasteiger charge is -2.10. The van der Waals surface area contributed by atoms with E-state index in [2.05, 4.69) is 23.8 Å². The van der Waals surface area contributed by atoms with E-state index in [1.807, 2.05) is 43.0 Å². The van der Waals surface area contributed by atoms with Crippen LogP contribution in [0.3, 0.4) is 0 Å². The maximum absolute atomic E-state index is 11.7. The Kier molecular flexibility index (Phi) is 6.83. The Morgan fingerprint density at radius 3 is 2.78 bits per heavy atom. The molecule has 18 heavy (non-hydrogen) atoms. The largest absolute Gasteiger partial charge is 0.325 e. The van der Waals surface area contributed by atoms with E-state index in [9.17, 15) is 4.79 Å². The van der Waals surface area contributed by atoms with E-state index in [1.165, 1.54) is 0 Å². The molecule has 100 valence electrons. The average molecular weight is 266 g/mol. The first-order valence-electron chi connectivity index (χ1n) is 6.22. The van der Waals surface area contributed by atoms with Gasteiger partial charge in [-0.15, -0.1) is 0 Å². The summed E-state index contributed by atoms with van der Waals surface area (Å²) in [6.07, 6.45) is 3.19. The van der Waals surface area contributed by atoms with Crippen molar-refractivity contribution < 1.29 is 4.79 Å². The Hall–Kier alpha value is -1.00. The number of carbonyl (C=O) groups is 1. The molecule has 1 amide bonds. The normalized spacial score (nSPS) is 12.2. The van der Waals surface area contributed by atoms with Crippen molar-refractivity contribution in [2.45, 2.75) is 25.5 Å².